The highest BCUT2D eigenvalue weighted by Gasteiger charge is 2.34. The van der Waals surface area contributed by atoms with E-state index in [2.05, 4.69) is 5.32 Å². The number of rotatable bonds is 4. The van der Waals surface area contributed by atoms with E-state index in [1.807, 2.05) is 0 Å². The topological polar surface area (TPSA) is 30.5 Å². The zero-order valence-corrected chi connectivity index (χ0v) is 11.2. The predicted octanol–water partition coefficient (Wildman–Crippen LogP) is 2.40. The van der Waals surface area contributed by atoms with E-state index in [4.69, 9.17) is 9.47 Å². The van der Waals surface area contributed by atoms with E-state index < -0.39 is 11.5 Å². The first kappa shape index (κ1) is 14.2. The molecule has 1 fully saturated rings. The fourth-order valence-corrected chi connectivity index (χ4v) is 2.39. The molecule has 2 unspecified atom stereocenters. The van der Waals surface area contributed by atoms with Crippen LogP contribution in [0.25, 0.3) is 0 Å². The first-order valence-corrected chi connectivity index (χ1v) is 6.37. The van der Waals surface area contributed by atoms with Crippen molar-refractivity contribution in [2.24, 2.45) is 0 Å². The van der Waals surface area contributed by atoms with Crippen LogP contribution >= 0.6 is 0 Å². The Morgan fingerprint density at radius 3 is 2.95 bits per heavy atom. The Morgan fingerprint density at radius 1 is 1.53 bits per heavy atom. The Labute approximate surface area is 111 Å². The highest BCUT2D eigenvalue weighted by molar-refractivity contribution is 5.34. The second-order valence-corrected chi connectivity index (χ2v) is 4.95. The van der Waals surface area contributed by atoms with Crippen molar-refractivity contribution in [2.45, 2.75) is 25.1 Å². The fourth-order valence-electron chi connectivity index (χ4n) is 2.39. The van der Waals surface area contributed by atoms with Crippen LogP contribution in [0.2, 0.25) is 0 Å². The predicted molar refractivity (Wildman–Crippen MR) is 68.6 cm³/mol. The number of methoxy groups -OCH3 is 1. The van der Waals surface area contributed by atoms with Gasteiger partial charge in [-0.05, 0) is 13.0 Å². The van der Waals surface area contributed by atoms with Crippen LogP contribution < -0.4 is 10.1 Å². The summed E-state index contributed by atoms with van der Waals surface area (Å²) in [5, 5.41) is 3.17. The summed E-state index contributed by atoms with van der Waals surface area (Å²) >= 11 is 0. The van der Waals surface area contributed by atoms with Crippen molar-refractivity contribution < 1.29 is 18.3 Å². The molecule has 3 nitrogen and oxygen atoms in total. The molecule has 0 aliphatic carbocycles. The number of nitrogens with one attached hydrogen (secondary N) is 1. The molecule has 0 spiro atoms. The molecule has 2 atom stereocenters. The van der Waals surface area contributed by atoms with Gasteiger partial charge in [-0.3, -0.25) is 0 Å². The molecule has 19 heavy (non-hydrogen) atoms. The van der Waals surface area contributed by atoms with Gasteiger partial charge in [0.1, 0.15) is 5.67 Å². The molecule has 0 radical (unpaired) electrons. The van der Waals surface area contributed by atoms with Gasteiger partial charge in [0, 0.05) is 24.6 Å². The van der Waals surface area contributed by atoms with E-state index in [0.717, 1.165) is 0 Å². The number of hydrogen-bond donors (Lipinski definition) is 1. The summed E-state index contributed by atoms with van der Waals surface area (Å²) in [5.74, 6) is -0.569. The lowest BCUT2D eigenvalue weighted by Crippen LogP contribution is -2.44. The third-order valence-corrected chi connectivity index (χ3v) is 3.37. The average molecular weight is 271 g/mol. The number of ether oxygens (including phenoxy) is 2. The highest BCUT2D eigenvalue weighted by atomic mass is 19.1. The Kier molecular flexibility index (Phi) is 4.37. The lowest BCUT2D eigenvalue weighted by Gasteiger charge is -2.30. The maximum atomic E-state index is 14.8. The number of halogens is 2. The number of alkyl halides is 1. The Hall–Kier alpha value is -1.20. The summed E-state index contributed by atoms with van der Waals surface area (Å²) in [4.78, 5) is 0. The van der Waals surface area contributed by atoms with Crippen molar-refractivity contribution in [3.63, 3.8) is 0 Å². The zero-order chi connectivity index (χ0) is 13.9. The van der Waals surface area contributed by atoms with Crippen molar-refractivity contribution in [3.05, 3.63) is 29.6 Å². The molecule has 0 saturated carbocycles. The monoisotopic (exact) mass is 271 g/mol. The molecule has 1 aromatic rings. The van der Waals surface area contributed by atoms with E-state index in [0.29, 0.717) is 19.8 Å². The quantitative estimate of drug-likeness (QED) is 0.912. The maximum Gasteiger partial charge on any atom is 0.171 e. The Balaban J connectivity index is 2.18. The van der Waals surface area contributed by atoms with Crippen LogP contribution in [0.15, 0.2) is 18.2 Å². The second kappa shape index (κ2) is 5.84. The van der Waals surface area contributed by atoms with Gasteiger partial charge in [-0.25, -0.2) is 8.78 Å². The second-order valence-electron chi connectivity index (χ2n) is 4.95. The van der Waals surface area contributed by atoms with E-state index in [1.54, 1.807) is 6.07 Å². The normalized spacial score (nSPS) is 22.8. The van der Waals surface area contributed by atoms with Crippen molar-refractivity contribution in [1.82, 2.24) is 5.32 Å². The van der Waals surface area contributed by atoms with Gasteiger partial charge in [-0.15, -0.1) is 0 Å². The first-order chi connectivity index (χ1) is 9.04. The van der Waals surface area contributed by atoms with Gasteiger partial charge in [-0.2, -0.15) is 0 Å². The van der Waals surface area contributed by atoms with E-state index in [1.165, 1.54) is 26.2 Å². The average Bonchev–Trinajstić information content (AvgIpc) is 2.39. The molecule has 1 N–H and O–H groups in total. The minimum absolute atomic E-state index is 0.0271. The molecule has 5 heteroatoms. The summed E-state index contributed by atoms with van der Waals surface area (Å²) in [5.41, 5.74) is -1.74. The van der Waals surface area contributed by atoms with Gasteiger partial charge >= 0.3 is 0 Å². The van der Waals surface area contributed by atoms with Crippen LogP contribution in [-0.4, -0.2) is 32.9 Å². The minimum Gasteiger partial charge on any atom is -0.494 e. The largest absolute Gasteiger partial charge is 0.494 e. The molecule has 1 aromatic carbocycles. The third kappa shape index (κ3) is 3.22. The molecule has 106 valence electrons. The smallest absolute Gasteiger partial charge is 0.171 e. The zero-order valence-electron chi connectivity index (χ0n) is 11.2. The molecule has 1 aliphatic rings. The Bertz CT molecular complexity index is 431. The number of hydrogen-bond acceptors (Lipinski definition) is 3. The maximum absolute atomic E-state index is 14.8. The van der Waals surface area contributed by atoms with Crippen LogP contribution in [0.1, 0.15) is 18.9 Å². The van der Waals surface area contributed by atoms with E-state index in [9.17, 15) is 8.78 Å². The highest BCUT2D eigenvalue weighted by Crippen LogP contribution is 2.35. The summed E-state index contributed by atoms with van der Waals surface area (Å²) in [6.45, 7) is 3.17. The molecule has 1 aliphatic heterocycles. The SMILES string of the molecule is COc1cccc(C(C)(F)CC2COCCN2)c1F. The van der Waals surface area contributed by atoms with Crippen molar-refractivity contribution in [1.29, 1.82) is 0 Å². The molecule has 0 aromatic heterocycles. The molecular formula is C14H19F2NO2. The van der Waals surface area contributed by atoms with Gasteiger partial charge in [0.15, 0.2) is 11.6 Å². The van der Waals surface area contributed by atoms with Crippen LogP contribution in [0.5, 0.6) is 5.75 Å². The van der Waals surface area contributed by atoms with Gasteiger partial charge in [0.25, 0.3) is 0 Å². The van der Waals surface area contributed by atoms with Crippen molar-refractivity contribution in [3.8, 4) is 5.75 Å². The van der Waals surface area contributed by atoms with Crippen molar-refractivity contribution in [2.75, 3.05) is 26.9 Å². The lowest BCUT2D eigenvalue weighted by molar-refractivity contribution is 0.0463. The van der Waals surface area contributed by atoms with Crippen LogP contribution in [0, 0.1) is 5.82 Å². The first-order valence-electron chi connectivity index (χ1n) is 6.37. The summed E-state index contributed by atoms with van der Waals surface area (Å²) in [6, 6.07) is 4.44. The lowest BCUT2D eigenvalue weighted by atomic mass is 9.90. The molecule has 2 rings (SSSR count). The molecule has 0 amide bonds. The molecule has 1 saturated heterocycles. The molecular weight excluding hydrogens is 252 g/mol. The van der Waals surface area contributed by atoms with Crippen LogP contribution in [-0.2, 0) is 10.4 Å². The minimum atomic E-state index is -1.77. The third-order valence-electron chi connectivity index (χ3n) is 3.37. The fraction of sp³-hybridized carbons (Fsp3) is 0.571. The van der Waals surface area contributed by atoms with E-state index >= 15 is 0 Å². The van der Waals surface area contributed by atoms with E-state index in [-0.39, 0.29) is 23.8 Å². The Morgan fingerprint density at radius 2 is 2.32 bits per heavy atom. The van der Waals surface area contributed by atoms with Gasteiger partial charge in [0.2, 0.25) is 0 Å². The molecule has 0 bridgehead atoms. The number of benzene rings is 1. The number of morpholine rings is 1. The standard InChI is InChI=1S/C14H19F2NO2/c1-14(16,8-10-9-19-7-6-17-10)11-4-3-5-12(18-2)13(11)15/h3-5,10,17H,6-9H2,1-2H3. The molecule has 1 heterocycles. The van der Waals surface area contributed by atoms with Crippen molar-refractivity contribution >= 4 is 0 Å². The van der Waals surface area contributed by atoms with Crippen LogP contribution in [0.4, 0.5) is 8.78 Å². The summed E-state index contributed by atoms with van der Waals surface area (Å²) < 4.78 is 39.1. The summed E-state index contributed by atoms with van der Waals surface area (Å²) in [6.07, 6.45) is 0.164. The van der Waals surface area contributed by atoms with Gasteiger partial charge < -0.3 is 14.8 Å². The van der Waals surface area contributed by atoms with Gasteiger partial charge in [-0.1, -0.05) is 12.1 Å². The summed E-state index contributed by atoms with van der Waals surface area (Å²) in [7, 11) is 1.37. The van der Waals surface area contributed by atoms with Crippen LogP contribution in [0.3, 0.4) is 0 Å². The van der Waals surface area contributed by atoms with Gasteiger partial charge in [0.05, 0.1) is 20.3 Å².